The van der Waals surface area contributed by atoms with Crippen LogP contribution in [0.4, 0.5) is 0 Å². The highest BCUT2D eigenvalue weighted by atomic mass is 35.5. The molecule has 0 radical (unpaired) electrons. The van der Waals surface area contributed by atoms with Gasteiger partial charge in [0.05, 0.1) is 12.1 Å². The van der Waals surface area contributed by atoms with E-state index < -0.39 is 0 Å². The molecule has 2 N–H and O–H groups in total. The van der Waals surface area contributed by atoms with E-state index in [1.807, 2.05) is 25.2 Å². The van der Waals surface area contributed by atoms with Gasteiger partial charge < -0.3 is 15.4 Å². The second-order valence-corrected chi connectivity index (χ2v) is 3.98. The molecule has 0 fully saturated rings. The molecule has 0 aromatic heterocycles. The van der Waals surface area contributed by atoms with Crippen molar-refractivity contribution in [3.63, 3.8) is 0 Å². The number of likely N-dealkylation sites (N-methyl/N-ethyl adjacent to an activating group) is 1. The maximum Gasteiger partial charge on any atom is 0.137 e. The van der Waals surface area contributed by atoms with Gasteiger partial charge >= 0.3 is 0 Å². The molecule has 0 bridgehead atoms. The number of nitrogens with one attached hydrogen (secondary N) is 2. The summed E-state index contributed by atoms with van der Waals surface area (Å²) in [6.07, 6.45) is 0.980. The van der Waals surface area contributed by atoms with Gasteiger partial charge in [-0.1, -0.05) is 17.7 Å². The molecule has 16 heavy (non-hydrogen) atoms. The minimum absolute atomic E-state index is 0.676. The van der Waals surface area contributed by atoms with Gasteiger partial charge in [0.25, 0.3) is 0 Å². The van der Waals surface area contributed by atoms with Crippen LogP contribution in [0.25, 0.3) is 0 Å². The summed E-state index contributed by atoms with van der Waals surface area (Å²) in [7, 11) is 3.57. The molecule has 90 valence electrons. The Kier molecular flexibility index (Phi) is 6.23. The Balaban J connectivity index is 2.34. The van der Waals surface area contributed by atoms with Crippen LogP contribution in [0, 0.1) is 0 Å². The minimum Gasteiger partial charge on any atom is -0.495 e. The first-order chi connectivity index (χ1) is 7.77. The number of rotatable bonds is 7. The minimum atomic E-state index is 0.676. The van der Waals surface area contributed by atoms with Crippen LogP contribution >= 0.6 is 11.6 Å². The zero-order chi connectivity index (χ0) is 11.8. The van der Waals surface area contributed by atoms with Crippen LogP contribution in [-0.4, -0.2) is 33.8 Å². The van der Waals surface area contributed by atoms with E-state index in [9.17, 15) is 0 Å². The van der Waals surface area contributed by atoms with E-state index in [2.05, 4.69) is 10.6 Å². The third kappa shape index (κ3) is 4.39. The van der Waals surface area contributed by atoms with Crippen molar-refractivity contribution in [3.8, 4) is 5.75 Å². The normalized spacial score (nSPS) is 10.4. The van der Waals surface area contributed by atoms with Crippen molar-refractivity contribution in [2.24, 2.45) is 0 Å². The predicted octanol–water partition coefficient (Wildman–Crippen LogP) is 1.70. The third-order valence-corrected chi connectivity index (χ3v) is 2.65. The van der Waals surface area contributed by atoms with E-state index >= 15 is 0 Å². The molecular formula is C12H19ClN2O. The molecule has 4 heteroatoms. The summed E-state index contributed by atoms with van der Waals surface area (Å²) in [5, 5.41) is 7.11. The Bertz CT molecular complexity index is 318. The molecule has 0 unspecified atom stereocenters. The third-order valence-electron chi connectivity index (χ3n) is 2.36. The molecule has 0 saturated heterocycles. The van der Waals surface area contributed by atoms with Crippen LogP contribution < -0.4 is 15.4 Å². The molecule has 1 rings (SSSR count). The molecule has 1 aromatic rings. The molecule has 0 aliphatic rings. The Morgan fingerprint density at radius 3 is 2.69 bits per heavy atom. The van der Waals surface area contributed by atoms with Crippen molar-refractivity contribution >= 4 is 11.6 Å². The molecule has 3 nitrogen and oxygen atoms in total. The lowest BCUT2D eigenvalue weighted by molar-refractivity contribution is 0.415. The van der Waals surface area contributed by atoms with E-state index in [1.165, 1.54) is 5.56 Å². The van der Waals surface area contributed by atoms with Gasteiger partial charge in [-0.3, -0.25) is 0 Å². The number of methoxy groups -OCH3 is 1. The Labute approximate surface area is 102 Å². The standard InChI is InChI=1S/C12H19ClN2O/c1-14-7-8-15-6-5-10-3-4-12(16-2)11(13)9-10/h3-4,9,14-15H,5-8H2,1-2H3. The predicted molar refractivity (Wildman–Crippen MR) is 68.5 cm³/mol. The zero-order valence-electron chi connectivity index (χ0n) is 9.85. The van der Waals surface area contributed by atoms with Gasteiger partial charge in [0.15, 0.2) is 0 Å². The van der Waals surface area contributed by atoms with Crippen molar-refractivity contribution in [2.75, 3.05) is 33.8 Å². The number of hydrogen-bond donors (Lipinski definition) is 2. The first kappa shape index (κ1) is 13.3. The van der Waals surface area contributed by atoms with Gasteiger partial charge in [-0.15, -0.1) is 0 Å². The molecule has 0 aliphatic heterocycles. The molecule has 0 spiro atoms. The van der Waals surface area contributed by atoms with Crippen LogP contribution in [0.15, 0.2) is 18.2 Å². The maximum atomic E-state index is 6.04. The molecule has 0 aliphatic carbocycles. The summed E-state index contributed by atoms with van der Waals surface area (Å²) >= 11 is 6.04. The topological polar surface area (TPSA) is 33.3 Å². The Morgan fingerprint density at radius 2 is 2.06 bits per heavy atom. The largest absolute Gasteiger partial charge is 0.495 e. The molecule has 1 aromatic carbocycles. The first-order valence-corrected chi connectivity index (χ1v) is 5.83. The zero-order valence-corrected chi connectivity index (χ0v) is 10.6. The highest BCUT2D eigenvalue weighted by Gasteiger charge is 2.01. The van der Waals surface area contributed by atoms with E-state index in [0.717, 1.165) is 31.8 Å². The van der Waals surface area contributed by atoms with Crippen molar-refractivity contribution < 1.29 is 4.74 Å². The van der Waals surface area contributed by atoms with Gasteiger partial charge in [-0.05, 0) is 37.7 Å². The van der Waals surface area contributed by atoms with Crippen molar-refractivity contribution in [1.82, 2.24) is 10.6 Å². The van der Waals surface area contributed by atoms with Crippen molar-refractivity contribution in [3.05, 3.63) is 28.8 Å². The summed E-state index contributed by atoms with van der Waals surface area (Å²) in [5.41, 5.74) is 1.22. The van der Waals surface area contributed by atoms with Gasteiger partial charge in [0.1, 0.15) is 5.75 Å². The number of ether oxygens (including phenoxy) is 1. The maximum absolute atomic E-state index is 6.04. The van der Waals surface area contributed by atoms with Crippen molar-refractivity contribution in [2.45, 2.75) is 6.42 Å². The smallest absolute Gasteiger partial charge is 0.137 e. The van der Waals surface area contributed by atoms with Gasteiger partial charge in [-0.25, -0.2) is 0 Å². The molecule has 0 atom stereocenters. The fourth-order valence-corrected chi connectivity index (χ4v) is 1.72. The first-order valence-electron chi connectivity index (χ1n) is 5.45. The summed E-state index contributed by atoms with van der Waals surface area (Å²) in [5.74, 6) is 0.730. The average molecular weight is 243 g/mol. The second-order valence-electron chi connectivity index (χ2n) is 3.57. The summed E-state index contributed by atoms with van der Waals surface area (Å²) < 4.78 is 5.10. The summed E-state index contributed by atoms with van der Waals surface area (Å²) in [6.45, 7) is 2.94. The highest BCUT2D eigenvalue weighted by Crippen LogP contribution is 2.24. The fraction of sp³-hybridized carbons (Fsp3) is 0.500. The lowest BCUT2D eigenvalue weighted by Gasteiger charge is -2.07. The second kappa shape index (κ2) is 7.49. The number of hydrogen-bond acceptors (Lipinski definition) is 3. The molecule has 0 saturated carbocycles. The molecular weight excluding hydrogens is 224 g/mol. The van der Waals surface area contributed by atoms with Gasteiger partial charge in [0.2, 0.25) is 0 Å². The SMILES string of the molecule is CNCCNCCc1ccc(OC)c(Cl)c1. The fourth-order valence-electron chi connectivity index (χ4n) is 1.44. The van der Waals surface area contributed by atoms with E-state index in [1.54, 1.807) is 7.11 Å². The van der Waals surface area contributed by atoms with Crippen LogP contribution in [0.1, 0.15) is 5.56 Å². The quantitative estimate of drug-likeness (QED) is 0.715. The monoisotopic (exact) mass is 242 g/mol. The van der Waals surface area contributed by atoms with Gasteiger partial charge in [0, 0.05) is 13.1 Å². The highest BCUT2D eigenvalue weighted by molar-refractivity contribution is 6.32. The average Bonchev–Trinajstić information content (AvgIpc) is 2.29. The number of benzene rings is 1. The summed E-state index contributed by atoms with van der Waals surface area (Å²) in [4.78, 5) is 0. The number of halogens is 1. The molecule has 0 amide bonds. The Hall–Kier alpha value is -0.770. The van der Waals surface area contributed by atoms with E-state index in [-0.39, 0.29) is 0 Å². The van der Waals surface area contributed by atoms with Crippen LogP contribution in [0.5, 0.6) is 5.75 Å². The summed E-state index contributed by atoms with van der Waals surface area (Å²) in [6, 6.07) is 5.91. The molecule has 0 heterocycles. The Morgan fingerprint density at radius 1 is 1.25 bits per heavy atom. The lowest BCUT2D eigenvalue weighted by atomic mass is 10.1. The van der Waals surface area contributed by atoms with Crippen LogP contribution in [0.3, 0.4) is 0 Å². The van der Waals surface area contributed by atoms with Gasteiger partial charge in [-0.2, -0.15) is 0 Å². The van der Waals surface area contributed by atoms with E-state index in [0.29, 0.717) is 5.02 Å². The van der Waals surface area contributed by atoms with E-state index in [4.69, 9.17) is 16.3 Å². The lowest BCUT2D eigenvalue weighted by Crippen LogP contribution is -2.26. The van der Waals surface area contributed by atoms with Crippen LogP contribution in [-0.2, 0) is 6.42 Å². The van der Waals surface area contributed by atoms with Crippen molar-refractivity contribution in [1.29, 1.82) is 0 Å². The van der Waals surface area contributed by atoms with Crippen LogP contribution in [0.2, 0.25) is 5.02 Å².